The van der Waals surface area contributed by atoms with Crippen molar-refractivity contribution in [1.82, 2.24) is 5.32 Å². The van der Waals surface area contributed by atoms with Gasteiger partial charge in [-0.2, -0.15) is 0 Å². The highest BCUT2D eigenvalue weighted by Gasteiger charge is 2.24. The monoisotopic (exact) mass is 866 g/mol. The molecule has 0 saturated heterocycles. The Kier molecular flexibility index (Phi) is 47.2. The number of esters is 1. The number of amides is 1. The predicted octanol–water partition coefficient (Wildman–Crippen LogP) is 15.8. The number of aliphatic hydroxyl groups is 2. The molecule has 0 aromatic heterocycles. The van der Waals surface area contributed by atoms with Crippen LogP contribution in [-0.2, 0) is 14.3 Å². The Balaban J connectivity index is 4.60. The number of carbonyl (C=O) groups excluding carboxylic acids is 2. The molecule has 3 atom stereocenters. The van der Waals surface area contributed by atoms with E-state index in [9.17, 15) is 19.8 Å². The fourth-order valence-corrected chi connectivity index (χ4v) is 7.64. The van der Waals surface area contributed by atoms with Gasteiger partial charge in [-0.25, -0.2) is 0 Å². The highest BCUT2D eigenvalue weighted by Crippen LogP contribution is 2.18. The van der Waals surface area contributed by atoms with Crippen molar-refractivity contribution in [3.63, 3.8) is 0 Å². The van der Waals surface area contributed by atoms with Gasteiger partial charge in [-0.05, 0) is 64.2 Å². The number of nitrogens with one attached hydrogen (secondary N) is 1. The molecule has 0 spiro atoms. The van der Waals surface area contributed by atoms with E-state index in [1.807, 2.05) is 36.5 Å². The van der Waals surface area contributed by atoms with Crippen LogP contribution in [-0.4, -0.2) is 46.9 Å². The van der Waals surface area contributed by atoms with E-state index >= 15 is 0 Å². The maximum absolute atomic E-state index is 13.2. The zero-order chi connectivity index (χ0) is 45.2. The molecular weight excluding hydrogens is 767 g/mol. The molecule has 358 valence electrons. The summed E-state index contributed by atoms with van der Waals surface area (Å²) < 4.78 is 5.90. The first-order valence-corrected chi connectivity index (χ1v) is 26.2. The van der Waals surface area contributed by atoms with Gasteiger partial charge in [0.2, 0.25) is 5.91 Å². The molecule has 0 radical (unpaired) electrons. The van der Waals surface area contributed by atoms with Gasteiger partial charge in [-0.1, -0.05) is 241 Å². The van der Waals surface area contributed by atoms with Gasteiger partial charge in [0, 0.05) is 6.42 Å². The molecule has 0 aromatic rings. The number of hydrogen-bond acceptors (Lipinski definition) is 5. The van der Waals surface area contributed by atoms with Crippen molar-refractivity contribution >= 4 is 11.9 Å². The number of carbonyl (C=O) groups is 2. The van der Waals surface area contributed by atoms with E-state index in [1.54, 1.807) is 0 Å². The topological polar surface area (TPSA) is 95.9 Å². The van der Waals surface area contributed by atoms with Crippen molar-refractivity contribution < 1.29 is 24.5 Å². The van der Waals surface area contributed by atoms with Crippen LogP contribution in [0.3, 0.4) is 0 Å². The van der Waals surface area contributed by atoms with Crippen LogP contribution in [0.1, 0.15) is 245 Å². The molecule has 0 aliphatic heterocycles. The predicted molar refractivity (Wildman–Crippen MR) is 268 cm³/mol. The van der Waals surface area contributed by atoms with Gasteiger partial charge in [0.1, 0.15) is 6.10 Å². The van der Waals surface area contributed by atoms with E-state index in [1.165, 1.54) is 116 Å². The van der Waals surface area contributed by atoms with Crippen LogP contribution in [0.4, 0.5) is 0 Å². The Hall–Kier alpha value is -2.70. The largest absolute Gasteiger partial charge is 0.462 e. The van der Waals surface area contributed by atoms with Crippen molar-refractivity contribution in [2.24, 2.45) is 0 Å². The van der Waals surface area contributed by atoms with E-state index in [0.717, 1.165) is 83.5 Å². The van der Waals surface area contributed by atoms with Crippen molar-refractivity contribution in [2.45, 2.75) is 264 Å². The van der Waals surface area contributed by atoms with Crippen LogP contribution < -0.4 is 5.32 Å². The van der Waals surface area contributed by atoms with Crippen molar-refractivity contribution in [2.75, 3.05) is 6.61 Å². The second-order valence-electron chi connectivity index (χ2n) is 17.7. The molecule has 0 fully saturated rings. The minimum Gasteiger partial charge on any atom is -0.462 e. The Morgan fingerprint density at radius 2 is 0.871 bits per heavy atom. The van der Waals surface area contributed by atoms with E-state index < -0.39 is 18.2 Å². The summed E-state index contributed by atoms with van der Waals surface area (Å²) in [7, 11) is 0. The second kappa shape index (κ2) is 49.3. The van der Waals surface area contributed by atoms with Gasteiger partial charge < -0.3 is 20.3 Å². The number of rotatable bonds is 46. The molecule has 1 amide bonds. The van der Waals surface area contributed by atoms with Gasteiger partial charge in [-0.3, -0.25) is 9.59 Å². The Morgan fingerprint density at radius 1 is 0.468 bits per heavy atom. The quantitative estimate of drug-likeness (QED) is 0.0245. The normalized spacial score (nSPS) is 13.8. The molecule has 0 rings (SSSR count). The molecule has 0 aliphatic carbocycles. The van der Waals surface area contributed by atoms with Crippen LogP contribution in [0.2, 0.25) is 0 Å². The van der Waals surface area contributed by atoms with Crippen LogP contribution in [0.5, 0.6) is 0 Å². The first-order chi connectivity index (χ1) is 30.5. The van der Waals surface area contributed by atoms with E-state index in [2.05, 4.69) is 62.5 Å². The minimum atomic E-state index is -0.804. The number of aliphatic hydroxyl groups excluding tert-OH is 2. The van der Waals surface area contributed by atoms with Gasteiger partial charge in [-0.15, -0.1) is 0 Å². The molecule has 0 heterocycles. The lowest BCUT2D eigenvalue weighted by Crippen LogP contribution is -2.46. The smallest absolute Gasteiger partial charge is 0.306 e. The summed E-state index contributed by atoms with van der Waals surface area (Å²) >= 11 is 0. The average molecular weight is 866 g/mol. The lowest BCUT2D eigenvalue weighted by Gasteiger charge is -2.24. The Labute approximate surface area is 383 Å². The lowest BCUT2D eigenvalue weighted by atomic mass is 10.0. The standard InChI is InChI=1S/C56H99NO5/c1-4-7-10-13-16-19-22-24-26-28-30-32-34-36-39-42-45-48-54(59)53(51-58)57-55(60)50-52(62-56(61)49-46-43-40-37-21-18-15-12-9-6-3)47-44-41-38-35-33-31-29-27-25-23-20-17-14-11-8-5-2/h11-12,14-15,17,20,23,25,27,29,31,33,52-54,58-59H,4-10,13,16,18-19,21-22,24,26,28,30,32,34-51H2,1-3H3,(H,57,60)/b14-11+,15-12-,20-17+,25-23+,29-27+,33-31+. The highest BCUT2D eigenvalue weighted by atomic mass is 16.5. The fourth-order valence-electron chi connectivity index (χ4n) is 7.64. The maximum Gasteiger partial charge on any atom is 0.306 e. The van der Waals surface area contributed by atoms with Crippen LogP contribution >= 0.6 is 0 Å². The van der Waals surface area contributed by atoms with Crippen molar-refractivity contribution in [3.8, 4) is 0 Å². The number of ether oxygens (including phenoxy) is 1. The summed E-state index contributed by atoms with van der Waals surface area (Å²) in [5, 5.41) is 23.8. The molecule has 3 unspecified atom stereocenters. The zero-order valence-corrected chi connectivity index (χ0v) is 40.7. The van der Waals surface area contributed by atoms with Crippen molar-refractivity contribution in [1.29, 1.82) is 0 Å². The number of hydrogen-bond donors (Lipinski definition) is 3. The molecule has 0 bridgehead atoms. The Morgan fingerprint density at radius 3 is 1.40 bits per heavy atom. The summed E-state index contributed by atoms with van der Waals surface area (Å²) in [6.45, 7) is 6.33. The third kappa shape index (κ3) is 43.9. The number of allylic oxidation sites excluding steroid dienone is 12. The van der Waals surface area contributed by atoms with Gasteiger partial charge in [0.05, 0.1) is 25.2 Å². The first-order valence-electron chi connectivity index (χ1n) is 26.2. The summed E-state index contributed by atoms with van der Waals surface area (Å²) in [6.07, 6.45) is 62.5. The SMILES string of the molecule is CCC/C=C\CCCCCCCC(=O)OC(CCCCC/C=C/C=C/C=C/C=C/C=C/CCC)CC(=O)NC(CO)C(O)CCCCCCCCCCCCCCCCCCC. The lowest BCUT2D eigenvalue weighted by molar-refractivity contribution is -0.151. The fraction of sp³-hybridized carbons (Fsp3) is 0.750. The molecule has 6 nitrogen and oxygen atoms in total. The van der Waals surface area contributed by atoms with Crippen molar-refractivity contribution in [3.05, 3.63) is 72.9 Å². The second-order valence-corrected chi connectivity index (χ2v) is 17.7. The molecule has 3 N–H and O–H groups in total. The van der Waals surface area contributed by atoms with Gasteiger partial charge in [0.15, 0.2) is 0 Å². The third-order valence-corrected chi connectivity index (χ3v) is 11.6. The summed E-state index contributed by atoms with van der Waals surface area (Å²) in [6, 6.07) is -0.720. The number of unbranched alkanes of at least 4 members (excludes halogenated alkanes) is 26. The van der Waals surface area contributed by atoms with E-state index in [4.69, 9.17) is 4.74 Å². The molecule has 0 aromatic carbocycles. The van der Waals surface area contributed by atoms with Crippen LogP contribution in [0, 0.1) is 0 Å². The minimum absolute atomic E-state index is 0.0437. The summed E-state index contributed by atoms with van der Waals surface area (Å²) in [5.41, 5.74) is 0. The zero-order valence-electron chi connectivity index (χ0n) is 40.7. The maximum atomic E-state index is 13.2. The van der Waals surface area contributed by atoms with Gasteiger partial charge in [0.25, 0.3) is 0 Å². The highest BCUT2D eigenvalue weighted by molar-refractivity contribution is 5.77. The van der Waals surface area contributed by atoms with Crippen LogP contribution in [0.15, 0.2) is 72.9 Å². The summed E-state index contributed by atoms with van der Waals surface area (Å²) in [5.74, 6) is -0.529. The van der Waals surface area contributed by atoms with E-state index in [-0.39, 0.29) is 24.9 Å². The molecule has 0 aliphatic rings. The van der Waals surface area contributed by atoms with E-state index in [0.29, 0.717) is 19.3 Å². The average Bonchev–Trinajstić information content (AvgIpc) is 3.26. The first kappa shape index (κ1) is 59.3. The third-order valence-electron chi connectivity index (χ3n) is 11.6. The molecular formula is C56H99NO5. The Bertz CT molecular complexity index is 1150. The van der Waals surface area contributed by atoms with Gasteiger partial charge >= 0.3 is 5.97 Å². The molecule has 0 saturated carbocycles. The molecule has 6 heteroatoms. The summed E-state index contributed by atoms with van der Waals surface area (Å²) in [4.78, 5) is 26.1. The molecule has 62 heavy (non-hydrogen) atoms. The van der Waals surface area contributed by atoms with Crippen LogP contribution in [0.25, 0.3) is 0 Å².